The fraction of sp³-hybridized carbons (Fsp3) is 0.524. The van der Waals surface area contributed by atoms with Gasteiger partial charge in [0.2, 0.25) is 0 Å². The molecule has 0 radical (unpaired) electrons. The molecule has 2 aliphatic rings. The first-order chi connectivity index (χ1) is 13.1. The Balaban J connectivity index is 1.59. The maximum absolute atomic E-state index is 13.3. The number of aromatic amines is 1. The lowest BCUT2D eigenvalue weighted by molar-refractivity contribution is 0.0298. The van der Waals surface area contributed by atoms with E-state index in [1.807, 2.05) is 11.8 Å². The first-order valence-electron chi connectivity index (χ1n) is 9.88. The number of rotatable bonds is 3. The van der Waals surface area contributed by atoms with E-state index in [-0.39, 0.29) is 17.4 Å². The minimum atomic E-state index is -0.0537. The second-order valence-corrected chi connectivity index (χ2v) is 7.65. The van der Waals surface area contributed by atoms with Crippen molar-refractivity contribution in [3.05, 3.63) is 45.7 Å². The average molecular weight is 369 g/mol. The van der Waals surface area contributed by atoms with Crippen molar-refractivity contribution in [3.8, 4) is 0 Å². The number of carbonyl (C=O) groups excluding carboxylic acids is 1. The predicted molar refractivity (Wildman–Crippen MR) is 105 cm³/mol. The monoisotopic (exact) mass is 369 g/mol. The van der Waals surface area contributed by atoms with Gasteiger partial charge in [0.1, 0.15) is 0 Å². The fourth-order valence-corrected chi connectivity index (χ4v) is 4.19. The molecule has 0 bridgehead atoms. The Morgan fingerprint density at radius 3 is 2.85 bits per heavy atom. The second-order valence-electron chi connectivity index (χ2n) is 7.65. The van der Waals surface area contributed by atoms with Crippen LogP contribution in [0.15, 0.2) is 29.1 Å². The number of aryl methyl sites for hydroxylation is 1. The molecule has 6 heteroatoms. The lowest BCUT2D eigenvalue weighted by atomic mass is 10.1. The lowest BCUT2D eigenvalue weighted by Crippen LogP contribution is -2.42. The van der Waals surface area contributed by atoms with Gasteiger partial charge in [-0.05, 0) is 51.4 Å². The number of amides is 1. The molecule has 3 heterocycles. The van der Waals surface area contributed by atoms with Gasteiger partial charge in [0.25, 0.3) is 5.91 Å². The Morgan fingerprint density at radius 2 is 2.04 bits per heavy atom. The molecular formula is C21H27N3O3. The van der Waals surface area contributed by atoms with Crippen LogP contribution in [0.25, 0.3) is 10.9 Å². The molecule has 1 aromatic carbocycles. The lowest BCUT2D eigenvalue weighted by Gasteiger charge is -2.27. The van der Waals surface area contributed by atoms with E-state index in [1.165, 1.54) is 12.8 Å². The fourth-order valence-electron chi connectivity index (χ4n) is 4.19. The molecule has 2 saturated heterocycles. The number of para-hydroxylation sites is 1. The Bertz CT molecular complexity index is 886. The molecule has 1 atom stereocenters. The Morgan fingerprint density at radius 1 is 1.22 bits per heavy atom. The molecule has 0 aliphatic carbocycles. The summed E-state index contributed by atoms with van der Waals surface area (Å²) in [6, 6.07) is 6.94. The standard InChI is InChI=1S/C21H27N3O3/c1-15-12-19(25)17-6-4-7-18(20(17)22-15)21(26)24-10-5-11-27-16(14-24)13-23-8-2-3-9-23/h4,6-7,12,16H,2-3,5,8-11,13-14H2,1H3,(H,22,25). The van der Waals surface area contributed by atoms with E-state index in [0.29, 0.717) is 36.2 Å². The van der Waals surface area contributed by atoms with Crippen LogP contribution in [0.4, 0.5) is 0 Å². The minimum absolute atomic E-state index is 0.0289. The highest BCUT2D eigenvalue weighted by molar-refractivity contribution is 6.05. The molecule has 4 rings (SSSR count). The van der Waals surface area contributed by atoms with Crippen LogP contribution < -0.4 is 5.43 Å². The highest BCUT2D eigenvalue weighted by Gasteiger charge is 2.27. The van der Waals surface area contributed by atoms with Crippen LogP contribution in [0, 0.1) is 6.92 Å². The summed E-state index contributed by atoms with van der Waals surface area (Å²) in [5.41, 5.74) is 1.91. The first kappa shape index (κ1) is 18.2. The molecule has 1 N–H and O–H groups in total. The molecule has 2 fully saturated rings. The number of nitrogens with one attached hydrogen (secondary N) is 1. The number of hydrogen-bond donors (Lipinski definition) is 1. The molecule has 1 aromatic heterocycles. The van der Waals surface area contributed by atoms with Gasteiger partial charge in [0.05, 0.1) is 17.2 Å². The van der Waals surface area contributed by atoms with Gasteiger partial charge in [0.15, 0.2) is 5.43 Å². The summed E-state index contributed by atoms with van der Waals surface area (Å²) >= 11 is 0. The van der Waals surface area contributed by atoms with Crippen molar-refractivity contribution in [1.82, 2.24) is 14.8 Å². The number of carbonyl (C=O) groups is 1. The third kappa shape index (κ3) is 3.92. The van der Waals surface area contributed by atoms with E-state index in [4.69, 9.17) is 4.74 Å². The van der Waals surface area contributed by atoms with Crippen molar-refractivity contribution in [1.29, 1.82) is 0 Å². The number of benzene rings is 1. The van der Waals surface area contributed by atoms with Crippen LogP contribution in [0.3, 0.4) is 0 Å². The van der Waals surface area contributed by atoms with Gasteiger partial charge in [-0.25, -0.2) is 0 Å². The van der Waals surface area contributed by atoms with E-state index in [9.17, 15) is 9.59 Å². The van der Waals surface area contributed by atoms with Crippen LogP contribution in [0.1, 0.15) is 35.3 Å². The van der Waals surface area contributed by atoms with Gasteiger partial charge >= 0.3 is 0 Å². The van der Waals surface area contributed by atoms with Crippen molar-refractivity contribution in [2.45, 2.75) is 32.3 Å². The number of ether oxygens (including phenoxy) is 1. The van der Waals surface area contributed by atoms with Gasteiger partial charge in [0, 0.05) is 43.4 Å². The summed E-state index contributed by atoms with van der Waals surface area (Å²) in [4.78, 5) is 33.1. The summed E-state index contributed by atoms with van der Waals surface area (Å²) in [6.45, 7) is 6.94. The molecule has 0 spiro atoms. The third-order valence-electron chi connectivity index (χ3n) is 5.53. The number of H-pyrrole nitrogens is 1. The highest BCUT2D eigenvalue weighted by atomic mass is 16.5. The SMILES string of the molecule is Cc1cc(=O)c2cccc(C(=O)N3CCCOC(CN4CCCC4)C3)c2[nH]1. The van der Waals surface area contributed by atoms with Gasteiger partial charge in [-0.15, -0.1) is 0 Å². The zero-order valence-electron chi connectivity index (χ0n) is 15.9. The number of fused-ring (bicyclic) bond motifs is 1. The van der Waals surface area contributed by atoms with Crippen molar-refractivity contribution in [2.24, 2.45) is 0 Å². The quantitative estimate of drug-likeness (QED) is 0.900. The number of likely N-dealkylation sites (tertiary alicyclic amines) is 1. The van der Waals surface area contributed by atoms with E-state index in [1.54, 1.807) is 24.3 Å². The summed E-state index contributed by atoms with van der Waals surface area (Å²) in [7, 11) is 0. The van der Waals surface area contributed by atoms with Crippen molar-refractivity contribution >= 4 is 16.8 Å². The molecule has 2 aromatic rings. The summed E-state index contributed by atoms with van der Waals surface area (Å²) in [5, 5.41) is 0.561. The summed E-state index contributed by atoms with van der Waals surface area (Å²) in [5.74, 6) is -0.0289. The Hall–Kier alpha value is -2.18. The van der Waals surface area contributed by atoms with Crippen molar-refractivity contribution < 1.29 is 9.53 Å². The third-order valence-corrected chi connectivity index (χ3v) is 5.53. The first-order valence-corrected chi connectivity index (χ1v) is 9.88. The van der Waals surface area contributed by atoms with Crippen LogP contribution in [-0.2, 0) is 4.74 Å². The molecular weight excluding hydrogens is 342 g/mol. The van der Waals surface area contributed by atoms with Crippen LogP contribution in [-0.4, -0.2) is 66.1 Å². The predicted octanol–water partition coefficient (Wildman–Crippen LogP) is 2.16. The van der Waals surface area contributed by atoms with Gasteiger partial charge in [-0.2, -0.15) is 0 Å². The van der Waals surface area contributed by atoms with Crippen LogP contribution >= 0.6 is 0 Å². The van der Waals surface area contributed by atoms with E-state index >= 15 is 0 Å². The largest absolute Gasteiger partial charge is 0.375 e. The molecule has 144 valence electrons. The smallest absolute Gasteiger partial charge is 0.256 e. The van der Waals surface area contributed by atoms with Gasteiger partial charge in [-0.3, -0.25) is 9.59 Å². The topological polar surface area (TPSA) is 65.6 Å². The second kappa shape index (κ2) is 7.82. The maximum Gasteiger partial charge on any atom is 0.256 e. The summed E-state index contributed by atoms with van der Waals surface area (Å²) < 4.78 is 6.01. The maximum atomic E-state index is 13.3. The Kier molecular flexibility index (Phi) is 5.27. The molecule has 6 nitrogen and oxygen atoms in total. The van der Waals surface area contributed by atoms with Crippen LogP contribution in [0.5, 0.6) is 0 Å². The average Bonchev–Trinajstić information content (AvgIpc) is 3.04. The molecule has 0 saturated carbocycles. The molecule has 27 heavy (non-hydrogen) atoms. The number of hydrogen-bond acceptors (Lipinski definition) is 4. The normalized spacial score (nSPS) is 21.5. The van der Waals surface area contributed by atoms with E-state index in [0.717, 1.165) is 31.7 Å². The van der Waals surface area contributed by atoms with Crippen molar-refractivity contribution in [3.63, 3.8) is 0 Å². The number of aromatic nitrogens is 1. The van der Waals surface area contributed by atoms with Crippen LogP contribution in [0.2, 0.25) is 0 Å². The van der Waals surface area contributed by atoms with E-state index in [2.05, 4.69) is 9.88 Å². The van der Waals surface area contributed by atoms with Crippen molar-refractivity contribution in [2.75, 3.05) is 39.3 Å². The summed E-state index contributed by atoms with van der Waals surface area (Å²) in [6.07, 6.45) is 3.38. The zero-order valence-corrected chi connectivity index (χ0v) is 15.9. The number of pyridine rings is 1. The van der Waals surface area contributed by atoms with Gasteiger partial charge in [-0.1, -0.05) is 6.07 Å². The zero-order chi connectivity index (χ0) is 18.8. The molecule has 1 unspecified atom stereocenters. The molecule has 2 aliphatic heterocycles. The number of nitrogens with zero attached hydrogens (tertiary/aromatic N) is 2. The van der Waals surface area contributed by atoms with E-state index < -0.39 is 0 Å². The molecule has 1 amide bonds. The van der Waals surface area contributed by atoms with Gasteiger partial charge < -0.3 is 19.5 Å². The Labute approximate surface area is 159 Å². The minimum Gasteiger partial charge on any atom is -0.375 e. The highest BCUT2D eigenvalue weighted by Crippen LogP contribution is 2.19.